The number of amides is 3. The molecule has 0 saturated heterocycles. The molecule has 7 heteroatoms. The Morgan fingerprint density at radius 1 is 1.19 bits per heavy atom. The van der Waals surface area contributed by atoms with E-state index in [1.807, 2.05) is 24.3 Å². The van der Waals surface area contributed by atoms with Gasteiger partial charge in [0.25, 0.3) is 0 Å². The third-order valence-electron chi connectivity index (χ3n) is 2.80. The number of imide groups is 1. The summed E-state index contributed by atoms with van der Waals surface area (Å²) < 4.78 is 0.932. The van der Waals surface area contributed by atoms with Crippen molar-refractivity contribution in [2.45, 2.75) is 26.8 Å². The van der Waals surface area contributed by atoms with E-state index in [-0.39, 0.29) is 13.0 Å². The van der Waals surface area contributed by atoms with Gasteiger partial charge >= 0.3 is 12.0 Å². The van der Waals surface area contributed by atoms with E-state index in [0.29, 0.717) is 0 Å². The van der Waals surface area contributed by atoms with Crippen molar-refractivity contribution < 1.29 is 19.5 Å². The topological polar surface area (TPSA) is 95.5 Å². The van der Waals surface area contributed by atoms with E-state index in [1.165, 1.54) is 13.8 Å². The molecule has 0 unspecified atom stereocenters. The van der Waals surface area contributed by atoms with Crippen molar-refractivity contribution in [2.24, 2.45) is 5.41 Å². The zero-order valence-electron chi connectivity index (χ0n) is 11.8. The fourth-order valence-electron chi connectivity index (χ4n) is 1.48. The average Bonchev–Trinajstić information content (AvgIpc) is 2.37. The van der Waals surface area contributed by atoms with Crippen LogP contribution in [-0.4, -0.2) is 23.0 Å². The predicted octanol–water partition coefficient (Wildman–Crippen LogP) is 2.28. The molecule has 0 aliphatic rings. The van der Waals surface area contributed by atoms with Crippen molar-refractivity contribution >= 4 is 33.8 Å². The summed E-state index contributed by atoms with van der Waals surface area (Å²) in [5.74, 6) is -1.72. The minimum absolute atomic E-state index is 0.270. The van der Waals surface area contributed by atoms with Gasteiger partial charge in [0.15, 0.2) is 0 Å². The van der Waals surface area contributed by atoms with Crippen LogP contribution in [0.1, 0.15) is 25.8 Å². The lowest BCUT2D eigenvalue weighted by Gasteiger charge is -2.17. The molecule has 0 heterocycles. The average molecular weight is 357 g/mol. The number of carboxylic acids is 1. The molecule has 0 radical (unpaired) electrons. The van der Waals surface area contributed by atoms with E-state index in [9.17, 15) is 14.4 Å². The number of halogens is 1. The highest BCUT2D eigenvalue weighted by Gasteiger charge is 2.30. The summed E-state index contributed by atoms with van der Waals surface area (Å²) >= 11 is 3.31. The number of carboxylic acid groups (broad SMARTS) is 1. The highest BCUT2D eigenvalue weighted by molar-refractivity contribution is 9.10. The van der Waals surface area contributed by atoms with Gasteiger partial charge in [-0.2, -0.15) is 0 Å². The van der Waals surface area contributed by atoms with Crippen molar-refractivity contribution in [1.82, 2.24) is 10.6 Å². The number of carbonyl (C=O) groups is 3. The van der Waals surface area contributed by atoms with Gasteiger partial charge < -0.3 is 10.4 Å². The van der Waals surface area contributed by atoms with E-state index in [2.05, 4.69) is 26.6 Å². The molecular formula is C14H17BrN2O4. The minimum Gasteiger partial charge on any atom is -0.481 e. The van der Waals surface area contributed by atoms with Crippen LogP contribution >= 0.6 is 15.9 Å². The molecular weight excluding hydrogens is 340 g/mol. The third-order valence-corrected chi connectivity index (χ3v) is 3.33. The Balaban J connectivity index is 2.41. The van der Waals surface area contributed by atoms with E-state index in [0.717, 1.165) is 10.0 Å². The van der Waals surface area contributed by atoms with Crippen molar-refractivity contribution in [3.8, 4) is 0 Å². The van der Waals surface area contributed by atoms with Crippen LogP contribution in [0, 0.1) is 5.41 Å². The second-order valence-electron chi connectivity index (χ2n) is 5.22. The molecule has 0 bridgehead atoms. The molecule has 0 spiro atoms. The molecule has 1 aromatic carbocycles. The number of aliphatic carboxylic acids is 1. The minimum atomic E-state index is -1.21. The number of urea groups is 1. The van der Waals surface area contributed by atoms with Crippen molar-refractivity contribution in [1.29, 1.82) is 0 Å². The molecule has 3 amide bonds. The van der Waals surface area contributed by atoms with Crippen LogP contribution in [0.15, 0.2) is 28.7 Å². The molecule has 0 saturated carbocycles. The maximum absolute atomic E-state index is 11.6. The second kappa shape index (κ2) is 7.21. The van der Waals surface area contributed by atoms with Crippen molar-refractivity contribution in [3.63, 3.8) is 0 Å². The monoisotopic (exact) mass is 356 g/mol. The quantitative estimate of drug-likeness (QED) is 0.753. The van der Waals surface area contributed by atoms with Gasteiger partial charge in [0.05, 0.1) is 5.41 Å². The van der Waals surface area contributed by atoms with E-state index >= 15 is 0 Å². The van der Waals surface area contributed by atoms with Gasteiger partial charge in [0.1, 0.15) is 0 Å². The van der Waals surface area contributed by atoms with E-state index in [1.54, 1.807) is 0 Å². The third kappa shape index (κ3) is 5.95. The lowest BCUT2D eigenvalue weighted by molar-refractivity contribution is -0.149. The standard InChI is InChI=1S/C14H17BrN2O4/c1-14(2,12(19)20)7-11(18)17-13(21)16-8-9-3-5-10(15)6-4-9/h3-6H,7-8H2,1-2H3,(H,19,20)(H2,16,17,18,21). The highest BCUT2D eigenvalue weighted by atomic mass is 79.9. The zero-order valence-corrected chi connectivity index (χ0v) is 13.4. The summed E-state index contributed by atoms with van der Waals surface area (Å²) in [7, 11) is 0. The summed E-state index contributed by atoms with van der Waals surface area (Å²) in [6, 6.07) is 6.70. The van der Waals surface area contributed by atoms with Crippen LogP contribution in [-0.2, 0) is 16.1 Å². The first-order chi connectivity index (χ1) is 9.70. The molecule has 3 N–H and O–H groups in total. The first-order valence-corrected chi connectivity index (χ1v) is 7.05. The molecule has 0 fully saturated rings. The van der Waals surface area contributed by atoms with Gasteiger partial charge in [0, 0.05) is 17.4 Å². The number of carbonyl (C=O) groups excluding carboxylic acids is 2. The van der Waals surface area contributed by atoms with Gasteiger partial charge in [0.2, 0.25) is 5.91 Å². The molecule has 0 atom stereocenters. The molecule has 6 nitrogen and oxygen atoms in total. The summed E-state index contributed by atoms with van der Waals surface area (Å²) in [4.78, 5) is 34.0. The van der Waals surface area contributed by atoms with Crippen LogP contribution in [0.2, 0.25) is 0 Å². The Morgan fingerprint density at radius 2 is 1.76 bits per heavy atom. The van der Waals surface area contributed by atoms with Crippen LogP contribution in [0.4, 0.5) is 4.79 Å². The molecule has 0 aliphatic heterocycles. The molecule has 21 heavy (non-hydrogen) atoms. The van der Waals surface area contributed by atoms with Crippen LogP contribution in [0.25, 0.3) is 0 Å². The number of nitrogens with one attached hydrogen (secondary N) is 2. The number of rotatable bonds is 5. The van der Waals surface area contributed by atoms with Crippen LogP contribution in [0.5, 0.6) is 0 Å². The number of hydrogen-bond acceptors (Lipinski definition) is 3. The van der Waals surface area contributed by atoms with E-state index < -0.39 is 23.3 Å². The molecule has 0 aliphatic carbocycles. The zero-order chi connectivity index (χ0) is 16.0. The smallest absolute Gasteiger partial charge is 0.321 e. The predicted molar refractivity (Wildman–Crippen MR) is 80.6 cm³/mol. The number of benzene rings is 1. The van der Waals surface area contributed by atoms with Gasteiger partial charge in [-0.15, -0.1) is 0 Å². The second-order valence-corrected chi connectivity index (χ2v) is 6.14. The Labute approximate surface area is 131 Å². The first kappa shape index (κ1) is 17.2. The van der Waals surface area contributed by atoms with Gasteiger partial charge in [-0.1, -0.05) is 28.1 Å². The molecule has 1 rings (SSSR count). The molecule has 0 aromatic heterocycles. The Bertz CT molecular complexity index is 540. The summed E-state index contributed by atoms with van der Waals surface area (Å²) in [6.07, 6.45) is -0.270. The first-order valence-electron chi connectivity index (χ1n) is 6.26. The fourth-order valence-corrected chi connectivity index (χ4v) is 1.74. The summed E-state index contributed by atoms with van der Waals surface area (Å²) in [5.41, 5.74) is -0.331. The highest BCUT2D eigenvalue weighted by Crippen LogP contribution is 2.19. The fraction of sp³-hybridized carbons (Fsp3) is 0.357. The van der Waals surface area contributed by atoms with Crippen molar-refractivity contribution in [2.75, 3.05) is 0 Å². The van der Waals surface area contributed by atoms with Crippen molar-refractivity contribution in [3.05, 3.63) is 34.3 Å². The molecule has 1 aromatic rings. The SMILES string of the molecule is CC(C)(CC(=O)NC(=O)NCc1ccc(Br)cc1)C(=O)O. The van der Waals surface area contributed by atoms with Gasteiger partial charge in [-0.25, -0.2) is 4.79 Å². The summed E-state index contributed by atoms with van der Waals surface area (Å²) in [6.45, 7) is 3.12. The normalized spacial score (nSPS) is 10.8. The Kier molecular flexibility index (Phi) is 5.90. The van der Waals surface area contributed by atoms with Gasteiger partial charge in [-0.3, -0.25) is 14.9 Å². The lowest BCUT2D eigenvalue weighted by Crippen LogP contribution is -2.41. The van der Waals surface area contributed by atoms with Gasteiger partial charge in [-0.05, 0) is 31.5 Å². The molecule has 114 valence electrons. The largest absolute Gasteiger partial charge is 0.481 e. The lowest BCUT2D eigenvalue weighted by atomic mass is 9.89. The summed E-state index contributed by atoms with van der Waals surface area (Å²) in [5, 5.41) is 13.6. The Morgan fingerprint density at radius 3 is 2.29 bits per heavy atom. The number of hydrogen-bond donors (Lipinski definition) is 3. The van der Waals surface area contributed by atoms with Crippen LogP contribution < -0.4 is 10.6 Å². The van der Waals surface area contributed by atoms with E-state index in [4.69, 9.17) is 5.11 Å². The van der Waals surface area contributed by atoms with Crippen LogP contribution in [0.3, 0.4) is 0 Å². The Hall–Kier alpha value is -1.89. The maximum Gasteiger partial charge on any atom is 0.321 e. The maximum atomic E-state index is 11.6.